The maximum absolute atomic E-state index is 15.0. The minimum atomic E-state index is -4.73. The molecule has 2 aromatic rings. The molecular weight excluding hydrogens is 453 g/mol. The molecule has 0 radical (unpaired) electrons. The molecule has 3 atom stereocenters. The van der Waals surface area contributed by atoms with Crippen LogP contribution in [0.1, 0.15) is 12.8 Å². The molecule has 0 bridgehead atoms. The first-order chi connectivity index (χ1) is 14.6. The third-order valence-electron chi connectivity index (χ3n) is 6.14. The summed E-state index contributed by atoms with van der Waals surface area (Å²) in [6, 6.07) is 4.72. The molecule has 1 aromatic heterocycles. The Kier molecular flexibility index (Phi) is 5.82. The Morgan fingerprint density at radius 3 is 2.61 bits per heavy atom. The van der Waals surface area contributed by atoms with Crippen molar-refractivity contribution in [3.63, 3.8) is 0 Å². The molecular formula is C20H22ClF3N4O2S. The summed E-state index contributed by atoms with van der Waals surface area (Å²) in [6.07, 6.45) is 2.09. The lowest BCUT2D eigenvalue weighted by molar-refractivity contribution is 0.237. The normalized spacial score (nSPS) is 23.5. The Morgan fingerprint density at radius 1 is 1.19 bits per heavy atom. The van der Waals surface area contributed by atoms with Crippen LogP contribution in [0.15, 0.2) is 29.2 Å². The highest BCUT2D eigenvalue weighted by Crippen LogP contribution is 2.44. The van der Waals surface area contributed by atoms with Crippen molar-refractivity contribution in [2.75, 3.05) is 36.8 Å². The predicted octanol–water partition coefficient (Wildman–Crippen LogP) is 3.73. The summed E-state index contributed by atoms with van der Waals surface area (Å²) in [4.78, 5) is 6.11. The Hall–Kier alpha value is -2.04. The van der Waals surface area contributed by atoms with Crippen molar-refractivity contribution < 1.29 is 21.6 Å². The van der Waals surface area contributed by atoms with Crippen LogP contribution in [0.25, 0.3) is 0 Å². The van der Waals surface area contributed by atoms with E-state index in [1.165, 1.54) is 6.07 Å². The Labute approximate surface area is 184 Å². The number of aromatic nitrogens is 1. The number of anilines is 2. The minimum absolute atomic E-state index is 0.131. The zero-order valence-electron chi connectivity index (χ0n) is 16.9. The number of halogens is 4. The van der Waals surface area contributed by atoms with Gasteiger partial charge >= 0.3 is 0 Å². The van der Waals surface area contributed by atoms with Gasteiger partial charge in [0.15, 0.2) is 10.7 Å². The summed E-state index contributed by atoms with van der Waals surface area (Å²) in [5.74, 6) is -3.27. The van der Waals surface area contributed by atoms with Crippen LogP contribution in [0, 0.1) is 29.4 Å². The number of sulfonamides is 1. The molecule has 1 aromatic carbocycles. The number of hydrogen-bond donors (Lipinski definition) is 1. The summed E-state index contributed by atoms with van der Waals surface area (Å²) in [5.41, 5.74) is 0.131. The lowest BCUT2D eigenvalue weighted by Crippen LogP contribution is -2.35. The topological polar surface area (TPSA) is 65.5 Å². The second-order valence-electron chi connectivity index (χ2n) is 8.22. The van der Waals surface area contributed by atoms with Crippen LogP contribution >= 0.6 is 11.6 Å². The van der Waals surface area contributed by atoms with Crippen LogP contribution in [0.5, 0.6) is 0 Å². The molecule has 6 nitrogen and oxygen atoms in total. The molecule has 168 valence electrons. The second kappa shape index (κ2) is 8.14. The Morgan fingerprint density at radius 2 is 1.94 bits per heavy atom. The molecule has 1 aliphatic heterocycles. The molecule has 2 aliphatic rings. The van der Waals surface area contributed by atoms with Crippen molar-refractivity contribution in [2.45, 2.75) is 23.8 Å². The molecule has 1 N–H and O–H groups in total. The molecule has 0 amide bonds. The molecule has 2 fully saturated rings. The van der Waals surface area contributed by atoms with E-state index in [9.17, 15) is 17.2 Å². The SMILES string of the molecule is CN(C)[C@@H]1CC[C@@H]2CN(c3cc(F)c(S(=O)(=O)Nc4cccc(F)n4)c(F)c3Cl)C[C@@H]21. The highest BCUT2D eigenvalue weighted by atomic mass is 35.5. The smallest absolute Gasteiger partial charge is 0.268 e. The van der Waals surface area contributed by atoms with Crippen molar-refractivity contribution in [2.24, 2.45) is 11.8 Å². The van der Waals surface area contributed by atoms with Crippen molar-refractivity contribution >= 4 is 33.1 Å². The summed E-state index contributed by atoms with van der Waals surface area (Å²) in [5, 5.41) is -0.463. The molecule has 1 aliphatic carbocycles. The number of pyridine rings is 1. The van der Waals surface area contributed by atoms with Gasteiger partial charge in [0.05, 0.1) is 5.69 Å². The number of hydrogen-bond acceptors (Lipinski definition) is 5. The highest BCUT2D eigenvalue weighted by Gasteiger charge is 2.44. The van der Waals surface area contributed by atoms with E-state index in [2.05, 4.69) is 9.88 Å². The van der Waals surface area contributed by atoms with Crippen LogP contribution in [0.4, 0.5) is 24.7 Å². The monoisotopic (exact) mass is 474 g/mol. The lowest BCUT2D eigenvalue weighted by Gasteiger charge is -2.27. The van der Waals surface area contributed by atoms with E-state index in [0.29, 0.717) is 31.0 Å². The van der Waals surface area contributed by atoms with Crippen LogP contribution in [-0.2, 0) is 10.0 Å². The van der Waals surface area contributed by atoms with E-state index in [4.69, 9.17) is 11.6 Å². The van der Waals surface area contributed by atoms with Crippen molar-refractivity contribution in [3.8, 4) is 0 Å². The van der Waals surface area contributed by atoms with Gasteiger partial charge in [-0.25, -0.2) is 22.2 Å². The minimum Gasteiger partial charge on any atom is -0.370 e. The summed E-state index contributed by atoms with van der Waals surface area (Å²) < 4.78 is 70.2. The van der Waals surface area contributed by atoms with Crippen molar-refractivity contribution in [3.05, 3.63) is 46.9 Å². The van der Waals surface area contributed by atoms with Gasteiger partial charge in [0.25, 0.3) is 10.0 Å². The largest absolute Gasteiger partial charge is 0.370 e. The highest BCUT2D eigenvalue weighted by molar-refractivity contribution is 7.92. The van der Waals surface area contributed by atoms with E-state index in [-0.39, 0.29) is 5.69 Å². The Balaban J connectivity index is 1.64. The zero-order chi connectivity index (χ0) is 22.5. The van der Waals surface area contributed by atoms with Gasteiger partial charge in [-0.15, -0.1) is 0 Å². The zero-order valence-corrected chi connectivity index (χ0v) is 18.5. The van der Waals surface area contributed by atoms with Gasteiger partial charge in [0.2, 0.25) is 5.95 Å². The fourth-order valence-corrected chi connectivity index (χ4v) is 6.24. The van der Waals surface area contributed by atoms with Crippen LogP contribution in [-0.4, -0.2) is 51.5 Å². The third-order valence-corrected chi connectivity index (χ3v) is 7.89. The lowest BCUT2D eigenvalue weighted by atomic mass is 9.97. The van der Waals surface area contributed by atoms with Gasteiger partial charge in [0.1, 0.15) is 16.7 Å². The summed E-state index contributed by atoms with van der Waals surface area (Å²) in [6.45, 7) is 1.19. The second-order valence-corrected chi connectivity index (χ2v) is 10.2. The Bertz CT molecular complexity index is 1120. The number of benzene rings is 1. The molecule has 1 saturated carbocycles. The molecule has 1 saturated heterocycles. The number of rotatable bonds is 5. The predicted molar refractivity (Wildman–Crippen MR) is 112 cm³/mol. The number of fused-ring (bicyclic) bond motifs is 1. The van der Waals surface area contributed by atoms with E-state index < -0.39 is 43.3 Å². The first kappa shape index (κ1) is 22.2. The number of nitrogens with zero attached hydrogens (tertiary/aromatic N) is 3. The van der Waals surface area contributed by atoms with E-state index in [1.807, 2.05) is 23.7 Å². The van der Waals surface area contributed by atoms with Gasteiger partial charge in [-0.05, 0) is 50.9 Å². The average Bonchev–Trinajstić information content (AvgIpc) is 3.24. The molecule has 0 spiro atoms. The standard InChI is InChI=1S/C20H22ClF3N4O2S/c1-27(2)14-7-6-11-9-28(10-12(11)14)15-8-13(22)20(19(24)18(15)21)31(29,30)26-17-5-3-4-16(23)25-17/h3-5,8,11-12,14H,6-7,9-10H2,1-2H3,(H,25,26)/t11-,12+,14-/m1/s1. The summed E-state index contributed by atoms with van der Waals surface area (Å²) in [7, 11) is -0.696. The third kappa shape index (κ3) is 4.08. The maximum atomic E-state index is 15.0. The van der Waals surface area contributed by atoms with Crippen molar-refractivity contribution in [1.82, 2.24) is 9.88 Å². The first-order valence-electron chi connectivity index (χ1n) is 9.82. The fraction of sp³-hybridized carbons (Fsp3) is 0.450. The van der Waals surface area contributed by atoms with Crippen LogP contribution in [0.3, 0.4) is 0 Å². The van der Waals surface area contributed by atoms with Gasteiger partial charge in [-0.3, -0.25) is 4.72 Å². The first-order valence-corrected chi connectivity index (χ1v) is 11.7. The molecule has 4 rings (SSSR count). The maximum Gasteiger partial charge on any atom is 0.268 e. The molecule has 11 heteroatoms. The van der Waals surface area contributed by atoms with E-state index >= 15 is 4.39 Å². The van der Waals surface area contributed by atoms with Crippen molar-refractivity contribution in [1.29, 1.82) is 0 Å². The number of nitrogens with one attached hydrogen (secondary N) is 1. The van der Waals surface area contributed by atoms with Gasteiger partial charge in [-0.1, -0.05) is 17.7 Å². The van der Waals surface area contributed by atoms with E-state index in [1.54, 1.807) is 0 Å². The quantitative estimate of drug-likeness (QED) is 0.528. The van der Waals surface area contributed by atoms with E-state index in [0.717, 1.165) is 31.0 Å². The summed E-state index contributed by atoms with van der Waals surface area (Å²) >= 11 is 6.18. The average molecular weight is 475 g/mol. The van der Waals surface area contributed by atoms with Crippen LogP contribution in [0.2, 0.25) is 5.02 Å². The molecule has 31 heavy (non-hydrogen) atoms. The molecule has 2 heterocycles. The van der Waals surface area contributed by atoms with Gasteiger partial charge < -0.3 is 9.80 Å². The van der Waals surface area contributed by atoms with Gasteiger partial charge in [-0.2, -0.15) is 4.39 Å². The molecule has 0 unspecified atom stereocenters. The van der Waals surface area contributed by atoms with Crippen LogP contribution < -0.4 is 9.62 Å². The van der Waals surface area contributed by atoms with Gasteiger partial charge in [0, 0.05) is 25.2 Å². The fourth-order valence-electron chi connectivity index (χ4n) is 4.77.